The van der Waals surface area contributed by atoms with Gasteiger partial charge in [-0.1, -0.05) is 18.2 Å². The van der Waals surface area contributed by atoms with Crippen molar-refractivity contribution in [1.82, 2.24) is 4.98 Å². The number of nitrogens with zero attached hydrogens (tertiary/aromatic N) is 1. The summed E-state index contributed by atoms with van der Waals surface area (Å²) in [6.45, 7) is 0. The summed E-state index contributed by atoms with van der Waals surface area (Å²) in [4.78, 5) is 16.8. The molecule has 112 valence electrons. The molecule has 2 aromatic rings. The number of rotatable bonds is 3. The Morgan fingerprint density at radius 3 is 2.86 bits per heavy atom. The standard InChI is InChI=1S/C19H19NO2/c1-22-17-6-4-5-14(12-17)11-16-9-8-15(13-19(16)21)18-7-2-3-10-20-18/h2-7,10-12,15H,8-9,13H2,1H3. The van der Waals surface area contributed by atoms with E-state index in [1.54, 1.807) is 13.3 Å². The zero-order valence-electron chi connectivity index (χ0n) is 12.7. The Balaban J connectivity index is 1.75. The topological polar surface area (TPSA) is 39.2 Å². The summed E-state index contributed by atoms with van der Waals surface area (Å²) >= 11 is 0. The zero-order valence-corrected chi connectivity index (χ0v) is 12.7. The minimum Gasteiger partial charge on any atom is -0.497 e. The first kappa shape index (κ1) is 14.5. The van der Waals surface area contributed by atoms with Gasteiger partial charge in [0.1, 0.15) is 5.75 Å². The fraction of sp³-hybridized carbons (Fsp3) is 0.263. The van der Waals surface area contributed by atoms with Crippen LogP contribution in [0, 0.1) is 0 Å². The van der Waals surface area contributed by atoms with E-state index in [1.807, 2.05) is 48.5 Å². The van der Waals surface area contributed by atoms with Gasteiger partial charge in [-0.2, -0.15) is 0 Å². The van der Waals surface area contributed by atoms with Gasteiger partial charge >= 0.3 is 0 Å². The predicted molar refractivity (Wildman–Crippen MR) is 86.8 cm³/mol. The molecule has 0 N–H and O–H groups in total. The van der Waals surface area contributed by atoms with Gasteiger partial charge in [0.15, 0.2) is 5.78 Å². The highest BCUT2D eigenvalue weighted by molar-refractivity contribution is 6.00. The van der Waals surface area contributed by atoms with Crippen LogP contribution in [0.15, 0.2) is 54.2 Å². The molecule has 1 aliphatic rings. The van der Waals surface area contributed by atoms with Crippen molar-refractivity contribution in [3.8, 4) is 5.75 Å². The van der Waals surface area contributed by atoms with Crippen LogP contribution in [0.4, 0.5) is 0 Å². The van der Waals surface area contributed by atoms with Gasteiger partial charge in [-0.15, -0.1) is 0 Å². The third kappa shape index (κ3) is 3.25. The molecule has 0 aliphatic heterocycles. The van der Waals surface area contributed by atoms with Crippen molar-refractivity contribution in [2.75, 3.05) is 7.11 Å². The van der Waals surface area contributed by atoms with E-state index in [0.29, 0.717) is 6.42 Å². The third-order valence-corrected chi connectivity index (χ3v) is 4.09. The Morgan fingerprint density at radius 1 is 1.23 bits per heavy atom. The lowest BCUT2D eigenvalue weighted by Crippen LogP contribution is -2.17. The predicted octanol–water partition coefficient (Wildman–Crippen LogP) is 4.01. The quantitative estimate of drug-likeness (QED) is 0.803. The number of hydrogen-bond donors (Lipinski definition) is 0. The second kappa shape index (κ2) is 6.56. The fourth-order valence-electron chi connectivity index (χ4n) is 2.88. The number of ketones is 1. The van der Waals surface area contributed by atoms with E-state index in [-0.39, 0.29) is 11.7 Å². The highest BCUT2D eigenvalue weighted by Gasteiger charge is 2.25. The zero-order chi connectivity index (χ0) is 15.4. The van der Waals surface area contributed by atoms with Gasteiger partial charge in [0.05, 0.1) is 7.11 Å². The van der Waals surface area contributed by atoms with Gasteiger partial charge in [0.2, 0.25) is 0 Å². The molecule has 1 unspecified atom stereocenters. The van der Waals surface area contributed by atoms with Crippen molar-refractivity contribution in [2.24, 2.45) is 0 Å². The van der Waals surface area contributed by atoms with E-state index in [4.69, 9.17) is 4.74 Å². The lowest BCUT2D eigenvalue weighted by molar-refractivity contribution is -0.116. The molecule has 0 bridgehead atoms. The molecule has 0 spiro atoms. The largest absolute Gasteiger partial charge is 0.497 e. The molecule has 1 saturated carbocycles. The number of hydrogen-bond acceptors (Lipinski definition) is 3. The number of methoxy groups -OCH3 is 1. The maximum Gasteiger partial charge on any atom is 0.159 e. The molecule has 1 atom stereocenters. The van der Waals surface area contributed by atoms with Gasteiger partial charge in [-0.05, 0) is 54.3 Å². The van der Waals surface area contributed by atoms with E-state index in [2.05, 4.69) is 4.98 Å². The lowest BCUT2D eigenvalue weighted by Gasteiger charge is -2.22. The highest BCUT2D eigenvalue weighted by Crippen LogP contribution is 2.33. The first-order chi connectivity index (χ1) is 10.8. The minimum atomic E-state index is 0.227. The molecule has 0 amide bonds. The van der Waals surface area contributed by atoms with Crippen LogP contribution < -0.4 is 4.74 Å². The Kier molecular flexibility index (Phi) is 4.33. The number of benzene rings is 1. The third-order valence-electron chi connectivity index (χ3n) is 4.09. The van der Waals surface area contributed by atoms with Gasteiger partial charge in [0, 0.05) is 24.2 Å². The maximum absolute atomic E-state index is 12.4. The van der Waals surface area contributed by atoms with Gasteiger partial charge in [0.25, 0.3) is 0 Å². The average molecular weight is 293 g/mol. The summed E-state index contributed by atoms with van der Waals surface area (Å²) < 4.78 is 5.22. The minimum absolute atomic E-state index is 0.227. The Bertz CT molecular complexity index is 692. The van der Waals surface area contributed by atoms with Crippen LogP contribution in [-0.4, -0.2) is 17.9 Å². The van der Waals surface area contributed by atoms with E-state index >= 15 is 0 Å². The molecular weight excluding hydrogens is 274 g/mol. The molecule has 1 aromatic heterocycles. The number of aromatic nitrogens is 1. The van der Waals surface area contributed by atoms with Crippen LogP contribution in [0.2, 0.25) is 0 Å². The summed E-state index contributed by atoms with van der Waals surface area (Å²) in [6.07, 6.45) is 6.10. The fourth-order valence-corrected chi connectivity index (χ4v) is 2.88. The van der Waals surface area contributed by atoms with Crippen LogP contribution >= 0.6 is 0 Å². The van der Waals surface area contributed by atoms with Crippen LogP contribution in [-0.2, 0) is 4.79 Å². The second-order valence-electron chi connectivity index (χ2n) is 5.56. The number of carbonyl (C=O) groups is 1. The first-order valence-electron chi connectivity index (χ1n) is 7.55. The molecule has 1 aromatic carbocycles. The van der Waals surface area contributed by atoms with Crippen LogP contribution in [0.25, 0.3) is 6.08 Å². The summed E-state index contributed by atoms with van der Waals surface area (Å²) in [7, 11) is 1.65. The molecule has 22 heavy (non-hydrogen) atoms. The number of Topliss-reactive ketones (excluding diaryl/α,β-unsaturated/α-hetero) is 1. The van der Waals surface area contributed by atoms with Gasteiger partial charge in [-0.25, -0.2) is 0 Å². The SMILES string of the molecule is COc1cccc(C=C2CCC(c3ccccn3)CC2=O)c1. The Labute approximate surface area is 130 Å². The molecule has 1 fully saturated rings. The molecule has 3 nitrogen and oxygen atoms in total. The molecule has 0 saturated heterocycles. The number of allylic oxidation sites excluding steroid dienone is 1. The number of pyridine rings is 1. The van der Waals surface area contributed by atoms with Gasteiger partial charge in [-0.3, -0.25) is 9.78 Å². The second-order valence-corrected chi connectivity index (χ2v) is 5.56. The van der Waals surface area contributed by atoms with Crippen molar-refractivity contribution in [3.05, 3.63) is 65.5 Å². The van der Waals surface area contributed by atoms with Crippen molar-refractivity contribution in [2.45, 2.75) is 25.2 Å². The van der Waals surface area contributed by atoms with Crippen molar-refractivity contribution in [3.63, 3.8) is 0 Å². The van der Waals surface area contributed by atoms with Gasteiger partial charge < -0.3 is 4.74 Å². The number of carbonyl (C=O) groups excluding carboxylic acids is 1. The lowest BCUT2D eigenvalue weighted by atomic mass is 9.82. The maximum atomic E-state index is 12.4. The molecule has 3 heteroatoms. The van der Waals surface area contributed by atoms with E-state index in [0.717, 1.165) is 35.4 Å². The Morgan fingerprint density at radius 2 is 2.14 bits per heavy atom. The average Bonchev–Trinajstić information content (AvgIpc) is 2.58. The smallest absolute Gasteiger partial charge is 0.159 e. The monoisotopic (exact) mass is 293 g/mol. The normalized spacial score (nSPS) is 20.1. The first-order valence-corrected chi connectivity index (χ1v) is 7.55. The van der Waals surface area contributed by atoms with Crippen molar-refractivity contribution >= 4 is 11.9 Å². The van der Waals surface area contributed by atoms with E-state index in [1.165, 1.54) is 0 Å². The van der Waals surface area contributed by atoms with E-state index in [9.17, 15) is 4.79 Å². The van der Waals surface area contributed by atoms with Crippen LogP contribution in [0.1, 0.15) is 36.4 Å². The molecule has 3 rings (SSSR count). The molecule has 1 heterocycles. The Hall–Kier alpha value is -2.42. The van der Waals surface area contributed by atoms with Crippen molar-refractivity contribution in [1.29, 1.82) is 0 Å². The molecule has 0 radical (unpaired) electrons. The summed E-state index contributed by atoms with van der Waals surface area (Å²) in [5.41, 5.74) is 2.94. The molecular formula is C19H19NO2. The van der Waals surface area contributed by atoms with Crippen LogP contribution in [0.5, 0.6) is 5.75 Å². The summed E-state index contributed by atoms with van der Waals surface area (Å²) in [6, 6.07) is 13.7. The van der Waals surface area contributed by atoms with Crippen molar-refractivity contribution < 1.29 is 9.53 Å². The summed E-state index contributed by atoms with van der Waals surface area (Å²) in [5.74, 6) is 1.28. The van der Waals surface area contributed by atoms with E-state index < -0.39 is 0 Å². The highest BCUT2D eigenvalue weighted by atomic mass is 16.5. The molecule has 1 aliphatic carbocycles. The summed E-state index contributed by atoms with van der Waals surface area (Å²) in [5, 5.41) is 0. The number of ether oxygens (including phenoxy) is 1. The van der Waals surface area contributed by atoms with Crippen LogP contribution in [0.3, 0.4) is 0 Å².